The monoisotopic (exact) mass is 439 g/mol. The second kappa shape index (κ2) is 7.47. The fourth-order valence-corrected chi connectivity index (χ4v) is 3.16. The molecule has 0 saturated carbocycles. The molecule has 0 spiro atoms. The van der Waals surface area contributed by atoms with E-state index < -0.39 is 5.82 Å². The van der Waals surface area contributed by atoms with Gasteiger partial charge in [-0.2, -0.15) is 0 Å². The number of halogens is 2. The van der Waals surface area contributed by atoms with E-state index in [2.05, 4.69) is 36.3 Å². The van der Waals surface area contributed by atoms with Gasteiger partial charge in [-0.1, -0.05) is 28.1 Å². The van der Waals surface area contributed by atoms with Crippen molar-refractivity contribution in [2.75, 3.05) is 5.32 Å². The molecule has 1 amide bonds. The molecule has 0 aliphatic heterocycles. The van der Waals surface area contributed by atoms with Gasteiger partial charge in [0.25, 0.3) is 5.91 Å². The molecule has 8 heteroatoms. The third-order valence-electron chi connectivity index (χ3n) is 4.16. The molecule has 0 unspecified atom stereocenters. The number of amides is 1. The molecule has 2 aromatic carbocycles. The highest BCUT2D eigenvalue weighted by Crippen LogP contribution is 2.20. The molecular weight excluding hydrogens is 425 g/mol. The molecule has 6 nitrogen and oxygen atoms in total. The smallest absolute Gasteiger partial charge is 0.258 e. The summed E-state index contributed by atoms with van der Waals surface area (Å²) >= 11 is 3.40. The number of carbonyl (C=O) groups is 1. The summed E-state index contributed by atoms with van der Waals surface area (Å²) in [5, 5.41) is 7.56. The Labute approximate surface area is 168 Å². The third-order valence-corrected chi connectivity index (χ3v) is 4.69. The second-order valence-electron chi connectivity index (χ2n) is 6.32. The summed E-state index contributed by atoms with van der Waals surface area (Å²) in [5.74, 6) is -0.569. The normalized spacial score (nSPS) is 11.0. The van der Waals surface area contributed by atoms with Gasteiger partial charge in [-0.15, -0.1) is 5.10 Å². The molecule has 28 heavy (non-hydrogen) atoms. The summed E-state index contributed by atoms with van der Waals surface area (Å²) in [6.07, 6.45) is 1.56. The Morgan fingerprint density at radius 3 is 2.75 bits per heavy atom. The van der Waals surface area contributed by atoms with E-state index in [0.717, 1.165) is 10.0 Å². The number of aryl methyl sites for hydroxylation is 1. The first-order valence-corrected chi connectivity index (χ1v) is 9.29. The van der Waals surface area contributed by atoms with Crippen LogP contribution in [0.3, 0.4) is 0 Å². The first-order valence-electron chi connectivity index (χ1n) is 8.50. The number of nitrogens with zero attached hydrogens (tertiary/aromatic N) is 4. The van der Waals surface area contributed by atoms with Crippen LogP contribution in [0.4, 0.5) is 10.3 Å². The number of aromatic nitrogens is 4. The lowest BCUT2D eigenvalue weighted by Gasteiger charge is -2.07. The fraction of sp³-hybridized carbons (Fsp3) is 0.100. The number of benzene rings is 2. The molecule has 0 fully saturated rings. The van der Waals surface area contributed by atoms with E-state index in [4.69, 9.17) is 0 Å². The molecule has 0 saturated heterocycles. The van der Waals surface area contributed by atoms with Gasteiger partial charge in [-0.25, -0.2) is 14.1 Å². The molecule has 4 aromatic rings. The van der Waals surface area contributed by atoms with Gasteiger partial charge in [0, 0.05) is 21.6 Å². The Morgan fingerprint density at radius 2 is 1.96 bits per heavy atom. The van der Waals surface area contributed by atoms with Gasteiger partial charge >= 0.3 is 0 Å². The van der Waals surface area contributed by atoms with E-state index in [0.29, 0.717) is 28.7 Å². The standard InChI is InChI=1S/C20H15BrFN5O/c1-12-8-17(16-7-6-15(22)9-18(16)24-12)19(28)25-20-23-11-27(26-20)10-13-2-4-14(21)5-3-13/h2-9,11H,10H2,1H3,(H,25,26,28). The summed E-state index contributed by atoms with van der Waals surface area (Å²) in [6.45, 7) is 2.29. The van der Waals surface area contributed by atoms with E-state index in [9.17, 15) is 9.18 Å². The molecule has 1 N–H and O–H groups in total. The number of pyridine rings is 1. The molecule has 140 valence electrons. The number of rotatable bonds is 4. The van der Waals surface area contributed by atoms with Crippen LogP contribution in [0.5, 0.6) is 0 Å². The lowest BCUT2D eigenvalue weighted by Crippen LogP contribution is -2.14. The van der Waals surface area contributed by atoms with Crippen molar-refractivity contribution >= 4 is 38.7 Å². The van der Waals surface area contributed by atoms with Crippen molar-refractivity contribution in [2.24, 2.45) is 0 Å². The summed E-state index contributed by atoms with van der Waals surface area (Å²) in [5.41, 5.74) is 2.51. The predicted molar refractivity (Wildman–Crippen MR) is 108 cm³/mol. The Bertz CT molecular complexity index is 1170. The van der Waals surface area contributed by atoms with E-state index in [1.54, 1.807) is 30.1 Å². The maximum Gasteiger partial charge on any atom is 0.258 e. The maximum absolute atomic E-state index is 13.5. The van der Waals surface area contributed by atoms with Gasteiger partial charge in [0.2, 0.25) is 5.95 Å². The van der Waals surface area contributed by atoms with E-state index in [1.807, 2.05) is 24.3 Å². The highest BCUT2D eigenvalue weighted by molar-refractivity contribution is 9.10. The van der Waals surface area contributed by atoms with Crippen molar-refractivity contribution in [1.29, 1.82) is 0 Å². The number of hydrogen-bond acceptors (Lipinski definition) is 4. The number of fused-ring (bicyclic) bond motifs is 1. The van der Waals surface area contributed by atoms with Crippen LogP contribution in [0.2, 0.25) is 0 Å². The molecule has 0 atom stereocenters. The van der Waals surface area contributed by atoms with Crippen LogP contribution in [0.15, 0.2) is 59.3 Å². The first kappa shape index (κ1) is 18.2. The highest BCUT2D eigenvalue weighted by atomic mass is 79.9. The Morgan fingerprint density at radius 1 is 1.18 bits per heavy atom. The van der Waals surface area contributed by atoms with Gasteiger partial charge < -0.3 is 0 Å². The van der Waals surface area contributed by atoms with Crippen LogP contribution in [-0.4, -0.2) is 25.7 Å². The topological polar surface area (TPSA) is 72.7 Å². The predicted octanol–water partition coefficient (Wildman–Crippen LogP) is 4.34. The molecule has 4 rings (SSSR count). The van der Waals surface area contributed by atoms with Crippen LogP contribution >= 0.6 is 15.9 Å². The molecule has 0 aliphatic carbocycles. The minimum absolute atomic E-state index is 0.201. The lowest BCUT2D eigenvalue weighted by molar-refractivity contribution is 0.102. The van der Waals surface area contributed by atoms with Crippen LogP contribution in [-0.2, 0) is 6.54 Å². The fourth-order valence-electron chi connectivity index (χ4n) is 2.90. The van der Waals surface area contributed by atoms with E-state index in [-0.39, 0.29) is 11.9 Å². The number of nitrogens with one attached hydrogen (secondary N) is 1. The van der Waals surface area contributed by atoms with Crippen LogP contribution < -0.4 is 5.32 Å². The molecule has 0 aliphatic rings. The van der Waals surface area contributed by atoms with Gasteiger partial charge in [0.15, 0.2) is 0 Å². The van der Waals surface area contributed by atoms with Gasteiger partial charge in [-0.05, 0) is 42.8 Å². The molecule has 0 bridgehead atoms. The Balaban J connectivity index is 1.55. The Kier molecular flexibility index (Phi) is 4.87. The molecule has 0 radical (unpaired) electrons. The average molecular weight is 440 g/mol. The van der Waals surface area contributed by atoms with E-state index >= 15 is 0 Å². The van der Waals surface area contributed by atoms with Crippen molar-refractivity contribution in [3.8, 4) is 0 Å². The van der Waals surface area contributed by atoms with Crippen molar-refractivity contribution in [3.63, 3.8) is 0 Å². The molecule has 2 aromatic heterocycles. The minimum atomic E-state index is -0.398. The zero-order chi connectivity index (χ0) is 19.7. The van der Waals surface area contributed by atoms with E-state index in [1.165, 1.54) is 12.1 Å². The first-order chi connectivity index (χ1) is 13.5. The number of carbonyl (C=O) groups excluding carboxylic acids is 1. The third kappa shape index (κ3) is 3.91. The zero-order valence-electron chi connectivity index (χ0n) is 14.9. The summed E-state index contributed by atoms with van der Waals surface area (Å²) in [4.78, 5) is 21.2. The molecule has 2 heterocycles. The van der Waals surface area contributed by atoms with Gasteiger partial charge in [0.1, 0.15) is 12.1 Å². The van der Waals surface area contributed by atoms with Crippen molar-refractivity contribution in [3.05, 3.63) is 82.0 Å². The summed E-state index contributed by atoms with van der Waals surface area (Å²) in [7, 11) is 0. The SMILES string of the molecule is Cc1cc(C(=O)Nc2ncn(Cc3ccc(Br)cc3)n2)c2ccc(F)cc2n1. The lowest BCUT2D eigenvalue weighted by atomic mass is 10.1. The van der Waals surface area contributed by atoms with Gasteiger partial charge in [-0.3, -0.25) is 15.1 Å². The number of anilines is 1. The van der Waals surface area contributed by atoms with Crippen LogP contribution in [0, 0.1) is 12.7 Å². The van der Waals surface area contributed by atoms with Crippen molar-refractivity contribution < 1.29 is 9.18 Å². The zero-order valence-corrected chi connectivity index (χ0v) is 16.4. The van der Waals surface area contributed by atoms with Crippen molar-refractivity contribution in [2.45, 2.75) is 13.5 Å². The molecular formula is C20H15BrFN5O. The van der Waals surface area contributed by atoms with Crippen LogP contribution in [0.1, 0.15) is 21.6 Å². The van der Waals surface area contributed by atoms with Crippen LogP contribution in [0.25, 0.3) is 10.9 Å². The number of hydrogen-bond donors (Lipinski definition) is 1. The quantitative estimate of drug-likeness (QED) is 0.513. The maximum atomic E-state index is 13.5. The van der Waals surface area contributed by atoms with Crippen molar-refractivity contribution in [1.82, 2.24) is 19.7 Å². The average Bonchev–Trinajstić information content (AvgIpc) is 3.09. The summed E-state index contributed by atoms with van der Waals surface area (Å²) < 4.78 is 16.1. The Hall–Kier alpha value is -3.13. The highest BCUT2D eigenvalue weighted by Gasteiger charge is 2.15. The van der Waals surface area contributed by atoms with Gasteiger partial charge in [0.05, 0.1) is 17.6 Å². The summed E-state index contributed by atoms with van der Waals surface area (Å²) in [6, 6.07) is 13.7. The minimum Gasteiger partial charge on any atom is -0.289 e. The second-order valence-corrected chi connectivity index (χ2v) is 7.23. The largest absolute Gasteiger partial charge is 0.289 e.